The van der Waals surface area contributed by atoms with Crippen molar-refractivity contribution >= 4 is 5.82 Å². The zero-order valence-electron chi connectivity index (χ0n) is 10.9. The van der Waals surface area contributed by atoms with Gasteiger partial charge in [-0.05, 0) is 51.3 Å². The summed E-state index contributed by atoms with van der Waals surface area (Å²) in [5, 5.41) is 9.04. The van der Waals surface area contributed by atoms with E-state index in [4.69, 9.17) is 11.0 Å². The topological polar surface area (TPSA) is 65.9 Å². The van der Waals surface area contributed by atoms with E-state index in [-0.39, 0.29) is 0 Å². The van der Waals surface area contributed by atoms with Crippen LogP contribution in [0.15, 0.2) is 12.1 Å². The number of nitrogens with two attached hydrogens (primary N) is 1. The first-order valence-electron chi connectivity index (χ1n) is 6.60. The summed E-state index contributed by atoms with van der Waals surface area (Å²) in [5.41, 5.74) is 7.28. The standard InChI is InChI=1S/C14H20N4/c1-11-8-12(10-16)9-14(17-11)18-7-3-2-4-13(18)5-6-15/h8-9,13H,2-7,15H2,1H3. The molecule has 1 aromatic heterocycles. The summed E-state index contributed by atoms with van der Waals surface area (Å²) >= 11 is 0. The summed E-state index contributed by atoms with van der Waals surface area (Å²) in [5.74, 6) is 0.935. The Hall–Kier alpha value is -1.60. The van der Waals surface area contributed by atoms with Crippen molar-refractivity contribution in [1.82, 2.24) is 4.98 Å². The Labute approximate surface area is 108 Å². The summed E-state index contributed by atoms with van der Waals surface area (Å²) < 4.78 is 0. The Balaban J connectivity index is 2.27. The molecule has 0 amide bonds. The molecule has 0 bridgehead atoms. The number of hydrogen-bond acceptors (Lipinski definition) is 4. The number of aromatic nitrogens is 1. The maximum atomic E-state index is 9.04. The molecule has 0 saturated carbocycles. The van der Waals surface area contributed by atoms with E-state index in [0.717, 1.165) is 24.5 Å². The lowest BCUT2D eigenvalue weighted by Crippen LogP contribution is -2.41. The van der Waals surface area contributed by atoms with Crippen molar-refractivity contribution in [3.05, 3.63) is 23.4 Å². The first-order valence-corrected chi connectivity index (χ1v) is 6.60. The monoisotopic (exact) mass is 244 g/mol. The normalized spacial score (nSPS) is 19.6. The molecule has 1 saturated heterocycles. The Morgan fingerprint density at radius 3 is 3.06 bits per heavy atom. The highest BCUT2D eigenvalue weighted by atomic mass is 15.2. The molecular weight excluding hydrogens is 224 g/mol. The van der Waals surface area contributed by atoms with E-state index in [1.54, 1.807) is 0 Å². The van der Waals surface area contributed by atoms with Crippen molar-refractivity contribution < 1.29 is 0 Å². The van der Waals surface area contributed by atoms with Crippen molar-refractivity contribution in [2.24, 2.45) is 5.73 Å². The van der Waals surface area contributed by atoms with E-state index >= 15 is 0 Å². The number of aryl methyl sites for hydroxylation is 1. The molecule has 1 aliphatic heterocycles. The Morgan fingerprint density at radius 2 is 2.33 bits per heavy atom. The van der Waals surface area contributed by atoms with Crippen LogP contribution in [0, 0.1) is 18.3 Å². The molecule has 1 fully saturated rings. The zero-order chi connectivity index (χ0) is 13.0. The molecular formula is C14H20N4. The van der Waals surface area contributed by atoms with Crippen LogP contribution in [0.25, 0.3) is 0 Å². The Bertz CT molecular complexity index is 448. The molecule has 1 aromatic rings. The average Bonchev–Trinajstić information content (AvgIpc) is 2.39. The van der Waals surface area contributed by atoms with Crippen LogP contribution in [0.3, 0.4) is 0 Å². The number of piperidine rings is 1. The van der Waals surface area contributed by atoms with Crippen molar-refractivity contribution in [2.45, 2.75) is 38.6 Å². The number of pyridine rings is 1. The molecule has 4 nitrogen and oxygen atoms in total. The minimum atomic E-state index is 0.476. The number of anilines is 1. The quantitative estimate of drug-likeness (QED) is 0.882. The van der Waals surface area contributed by atoms with Gasteiger partial charge >= 0.3 is 0 Å². The molecule has 96 valence electrons. The average molecular weight is 244 g/mol. The lowest BCUT2D eigenvalue weighted by Gasteiger charge is -2.36. The lowest BCUT2D eigenvalue weighted by atomic mass is 9.99. The predicted molar refractivity (Wildman–Crippen MR) is 72.3 cm³/mol. The highest BCUT2D eigenvalue weighted by Crippen LogP contribution is 2.25. The lowest BCUT2D eigenvalue weighted by molar-refractivity contribution is 0.438. The van der Waals surface area contributed by atoms with Crippen molar-refractivity contribution in [3.8, 4) is 6.07 Å². The molecule has 0 spiro atoms. The van der Waals surface area contributed by atoms with Gasteiger partial charge in [0.25, 0.3) is 0 Å². The van der Waals surface area contributed by atoms with Crippen LogP contribution in [0.4, 0.5) is 5.82 Å². The fraction of sp³-hybridized carbons (Fsp3) is 0.571. The van der Waals surface area contributed by atoms with Gasteiger partial charge in [-0.25, -0.2) is 4.98 Å². The zero-order valence-corrected chi connectivity index (χ0v) is 10.9. The van der Waals surface area contributed by atoms with Crippen LogP contribution in [0.2, 0.25) is 0 Å². The molecule has 18 heavy (non-hydrogen) atoms. The summed E-state index contributed by atoms with van der Waals surface area (Å²) in [6.07, 6.45) is 4.63. The number of nitrogens with zero attached hydrogens (tertiary/aromatic N) is 3. The van der Waals surface area contributed by atoms with Gasteiger partial charge in [-0.2, -0.15) is 5.26 Å². The molecule has 0 aromatic carbocycles. The molecule has 2 rings (SSSR count). The minimum Gasteiger partial charge on any atom is -0.354 e. The SMILES string of the molecule is Cc1cc(C#N)cc(N2CCCCC2CCN)n1. The van der Waals surface area contributed by atoms with Crippen LogP contribution in [0.1, 0.15) is 36.9 Å². The number of hydrogen-bond donors (Lipinski definition) is 1. The summed E-state index contributed by atoms with van der Waals surface area (Å²) in [6.45, 7) is 3.66. The van der Waals surface area contributed by atoms with Gasteiger partial charge in [-0.15, -0.1) is 0 Å². The fourth-order valence-electron chi connectivity index (χ4n) is 2.66. The molecule has 1 aliphatic rings. The van der Waals surface area contributed by atoms with Crippen LogP contribution in [-0.4, -0.2) is 24.1 Å². The molecule has 0 radical (unpaired) electrons. The molecule has 1 atom stereocenters. The Morgan fingerprint density at radius 1 is 1.50 bits per heavy atom. The number of rotatable bonds is 3. The van der Waals surface area contributed by atoms with Gasteiger partial charge < -0.3 is 10.6 Å². The van der Waals surface area contributed by atoms with Crippen LogP contribution in [0.5, 0.6) is 0 Å². The first kappa shape index (κ1) is 12.8. The second kappa shape index (κ2) is 5.83. The molecule has 1 unspecified atom stereocenters. The highest BCUT2D eigenvalue weighted by Gasteiger charge is 2.23. The summed E-state index contributed by atoms with van der Waals surface area (Å²) in [6, 6.07) is 6.39. The van der Waals surface area contributed by atoms with Gasteiger partial charge in [0.2, 0.25) is 0 Å². The Kier molecular flexibility index (Phi) is 4.16. The maximum absolute atomic E-state index is 9.04. The second-order valence-corrected chi connectivity index (χ2v) is 4.89. The van der Waals surface area contributed by atoms with Crippen LogP contribution < -0.4 is 10.6 Å². The third-order valence-corrected chi connectivity index (χ3v) is 3.49. The van der Waals surface area contributed by atoms with E-state index in [2.05, 4.69) is 16.0 Å². The van der Waals surface area contributed by atoms with Gasteiger partial charge in [0.15, 0.2) is 0 Å². The van der Waals surface area contributed by atoms with Gasteiger partial charge in [0.1, 0.15) is 5.82 Å². The predicted octanol–water partition coefficient (Wildman–Crippen LogP) is 1.97. The third-order valence-electron chi connectivity index (χ3n) is 3.49. The van der Waals surface area contributed by atoms with E-state index < -0.39 is 0 Å². The first-order chi connectivity index (χ1) is 8.74. The highest BCUT2D eigenvalue weighted by molar-refractivity contribution is 5.47. The van der Waals surface area contributed by atoms with E-state index in [1.807, 2.05) is 19.1 Å². The molecule has 4 heteroatoms. The van der Waals surface area contributed by atoms with Gasteiger partial charge in [0, 0.05) is 18.3 Å². The molecule has 2 heterocycles. The summed E-state index contributed by atoms with van der Waals surface area (Å²) in [7, 11) is 0. The third kappa shape index (κ3) is 2.80. The van der Waals surface area contributed by atoms with E-state index in [9.17, 15) is 0 Å². The van der Waals surface area contributed by atoms with Gasteiger partial charge in [-0.1, -0.05) is 0 Å². The van der Waals surface area contributed by atoms with E-state index in [0.29, 0.717) is 18.2 Å². The van der Waals surface area contributed by atoms with Crippen molar-refractivity contribution in [2.75, 3.05) is 18.0 Å². The maximum Gasteiger partial charge on any atom is 0.130 e. The van der Waals surface area contributed by atoms with Crippen LogP contribution in [-0.2, 0) is 0 Å². The molecule has 0 aliphatic carbocycles. The smallest absolute Gasteiger partial charge is 0.130 e. The second-order valence-electron chi connectivity index (χ2n) is 4.89. The van der Waals surface area contributed by atoms with Crippen molar-refractivity contribution in [3.63, 3.8) is 0 Å². The summed E-state index contributed by atoms with van der Waals surface area (Å²) in [4.78, 5) is 6.90. The fourth-order valence-corrected chi connectivity index (χ4v) is 2.66. The van der Waals surface area contributed by atoms with Gasteiger partial charge in [0.05, 0.1) is 11.6 Å². The van der Waals surface area contributed by atoms with Crippen LogP contribution >= 0.6 is 0 Å². The number of nitriles is 1. The largest absolute Gasteiger partial charge is 0.354 e. The van der Waals surface area contributed by atoms with Gasteiger partial charge in [-0.3, -0.25) is 0 Å². The minimum absolute atomic E-state index is 0.476. The van der Waals surface area contributed by atoms with Crippen molar-refractivity contribution in [1.29, 1.82) is 5.26 Å². The molecule has 2 N–H and O–H groups in total. The van der Waals surface area contributed by atoms with E-state index in [1.165, 1.54) is 19.3 Å².